The molecule has 16 heavy (non-hydrogen) atoms. The van der Waals surface area contributed by atoms with Crippen molar-refractivity contribution in [3.8, 4) is 0 Å². The molecule has 0 spiro atoms. The van der Waals surface area contributed by atoms with E-state index in [4.69, 9.17) is 4.42 Å². The number of furan rings is 1. The average Bonchev–Trinajstić information content (AvgIpc) is 2.65. The standard InChI is InChI=1S/C13H24N2O/c1-5-15(4)10-13-7-6-12(16-13)9-14-8-11(2)3/h6-7,11,14H,5,8-10H2,1-4H3. The minimum Gasteiger partial charge on any atom is -0.463 e. The van der Waals surface area contributed by atoms with Crippen molar-refractivity contribution < 1.29 is 4.42 Å². The molecule has 0 fully saturated rings. The molecule has 1 rings (SSSR count). The quantitative estimate of drug-likeness (QED) is 0.771. The molecule has 0 bridgehead atoms. The van der Waals surface area contributed by atoms with Crippen LogP contribution in [-0.4, -0.2) is 25.0 Å². The van der Waals surface area contributed by atoms with Crippen molar-refractivity contribution in [2.45, 2.75) is 33.9 Å². The van der Waals surface area contributed by atoms with Crippen molar-refractivity contribution in [2.75, 3.05) is 20.1 Å². The molecule has 0 amide bonds. The van der Waals surface area contributed by atoms with Crippen LogP contribution in [0.4, 0.5) is 0 Å². The van der Waals surface area contributed by atoms with Crippen LogP contribution in [0.2, 0.25) is 0 Å². The van der Waals surface area contributed by atoms with Crippen LogP contribution in [0.5, 0.6) is 0 Å². The molecule has 0 aliphatic rings. The van der Waals surface area contributed by atoms with E-state index >= 15 is 0 Å². The highest BCUT2D eigenvalue weighted by Gasteiger charge is 2.04. The van der Waals surface area contributed by atoms with Gasteiger partial charge in [-0.1, -0.05) is 20.8 Å². The van der Waals surface area contributed by atoms with Crippen LogP contribution < -0.4 is 5.32 Å². The molecule has 92 valence electrons. The Bertz CT molecular complexity index is 294. The molecule has 1 aromatic heterocycles. The van der Waals surface area contributed by atoms with Crippen LogP contribution >= 0.6 is 0 Å². The Morgan fingerprint density at radius 3 is 2.62 bits per heavy atom. The first-order chi connectivity index (χ1) is 7.61. The van der Waals surface area contributed by atoms with Gasteiger partial charge in [0.1, 0.15) is 11.5 Å². The monoisotopic (exact) mass is 224 g/mol. The molecule has 1 aromatic rings. The molecule has 0 atom stereocenters. The van der Waals surface area contributed by atoms with Crippen molar-refractivity contribution in [1.82, 2.24) is 10.2 Å². The van der Waals surface area contributed by atoms with Crippen molar-refractivity contribution >= 4 is 0 Å². The van der Waals surface area contributed by atoms with Gasteiger partial charge in [0.15, 0.2) is 0 Å². The fourth-order valence-electron chi connectivity index (χ4n) is 1.46. The number of nitrogens with one attached hydrogen (secondary N) is 1. The highest BCUT2D eigenvalue weighted by Crippen LogP contribution is 2.09. The maximum atomic E-state index is 5.73. The van der Waals surface area contributed by atoms with Crippen molar-refractivity contribution in [3.63, 3.8) is 0 Å². The van der Waals surface area contributed by atoms with Crippen LogP contribution in [-0.2, 0) is 13.1 Å². The van der Waals surface area contributed by atoms with Crippen LogP contribution in [0.3, 0.4) is 0 Å². The smallest absolute Gasteiger partial charge is 0.118 e. The van der Waals surface area contributed by atoms with E-state index < -0.39 is 0 Å². The van der Waals surface area contributed by atoms with Crippen LogP contribution in [0.1, 0.15) is 32.3 Å². The van der Waals surface area contributed by atoms with E-state index in [9.17, 15) is 0 Å². The predicted molar refractivity (Wildman–Crippen MR) is 67.3 cm³/mol. The van der Waals surface area contributed by atoms with Crippen molar-refractivity contribution in [1.29, 1.82) is 0 Å². The van der Waals surface area contributed by atoms with E-state index in [1.807, 2.05) is 0 Å². The van der Waals surface area contributed by atoms with Gasteiger partial charge in [-0.2, -0.15) is 0 Å². The molecule has 3 heteroatoms. The third kappa shape index (κ3) is 4.81. The molecule has 1 heterocycles. The van der Waals surface area contributed by atoms with Gasteiger partial charge >= 0.3 is 0 Å². The Labute approximate surface area is 98.8 Å². The third-order valence-corrected chi connectivity index (χ3v) is 2.53. The van der Waals surface area contributed by atoms with Gasteiger partial charge in [-0.25, -0.2) is 0 Å². The molecule has 0 aliphatic carbocycles. The second kappa shape index (κ2) is 6.71. The summed E-state index contributed by atoms with van der Waals surface area (Å²) in [5.74, 6) is 2.76. The molecule has 0 saturated carbocycles. The summed E-state index contributed by atoms with van der Waals surface area (Å²) in [5, 5.41) is 3.37. The van der Waals surface area contributed by atoms with E-state index in [0.717, 1.165) is 37.7 Å². The van der Waals surface area contributed by atoms with Crippen molar-refractivity contribution in [3.05, 3.63) is 23.7 Å². The number of hydrogen-bond donors (Lipinski definition) is 1. The van der Waals surface area contributed by atoms with Gasteiger partial charge in [0.25, 0.3) is 0 Å². The summed E-state index contributed by atoms with van der Waals surface area (Å²) in [6.07, 6.45) is 0. The molecular formula is C13H24N2O. The molecule has 0 aliphatic heterocycles. The van der Waals surface area contributed by atoms with E-state index in [2.05, 4.69) is 50.2 Å². The molecular weight excluding hydrogens is 200 g/mol. The lowest BCUT2D eigenvalue weighted by molar-refractivity contribution is 0.302. The summed E-state index contributed by atoms with van der Waals surface area (Å²) < 4.78 is 5.73. The lowest BCUT2D eigenvalue weighted by Crippen LogP contribution is -2.18. The SMILES string of the molecule is CCN(C)Cc1ccc(CNCC(C)C)o1. The second-order valence-electron chi connectivity index (χ2n) is 4.72. The second-order valence-corrected chi connectivity index (χ2v) is 4.72. The van der Waals surface area contributed by atoms with Crippen LogP contribution in [0.25, 0.3) is 0 Å². The Morgan fingerprint density at radius 2 is 2.00 bits per heavy atom. The summed E-state index contributed by atoms with van der Waals surface area (Å²) in [4.78, 5) is 2.23. The molecule has 1 N–H and O–H groups in total. The van der Waals surface area contributed by atoms with Gasteiger partial charge in [0, 0.05) is 0 Å². The van der Waals surface area contributed by atoms with Gasteiger partial charge in [0.05, 0.1) is 13.1 Å². The van der Waals surface area contributed by atoms with Crippen LogP contribution in [0, 0.1) is 5.92 Å². The molecule has 0 saturated heterocycles. The fraction of sp³-hybridized carbons (Fsp3) is 0.692. The zero-order chi connectivity index (χ0) is 12.0. The Morgan fingerprint density at radius 1 is 1.31 bits per heavy atom. The van der Waals surface area contributed by atoms with Gasteiger partial charge in [-0.05, 0) is 38.2 Å². The summed E-state index contributed by atoms with van der Waals surface area (Å²) in [6, 6.07) is 4.13. The first kappa shape index (κ1) is 13.3. The third-order valence-electron chi connectivity index (χ3n) is 2.53. The van der Waals surface area contributed by atoms with Crippen molar-refractivity contribution in [2.24, 2.45) is 5.92 Å². The number of hydrogen-bond acceptors (Lipinski definition) is 3. The number of nitrogens with zero attached hydrogens (tertiary/aromatic N) is 1. The van der Waals surface area contributed by atoms with E-state index in [1.165, 1.54) is 0 Å². The average molecular weight is 224 g/mol. The highest BCUT2D eigenvalue weighted by atomic mass is 16.3. The maximum absolute atomic E-state index is 5.73. The Kier molecular flexibility index (Phi) is 5.56. The maximum Gasteiger partial charge on any atom is 0.118 e. The van der Waals surface area contributed by atoms with E-state index in [-0.39, 0.29) is 0 Å². The summed E-state index contributed by atoms with van der Waals surface area (Å²) >= 11 is 0. The van der Waals surface area contributed by atoms with Gasteiger partial charge in [0.2, 0.25) is 0 Å². The predicted octanol–water partition coefficient (Wildman–Crippen LogP) is 2.48. The fourth-order valence-corrected chi connectivity index (χ4v) is 1.46. The normalized spacial score (nSPS) is 11.6. The molecule has 0 radical (unpaired) electrons. The zero-order valence-electron chi connectivity index (χ0n) is 10.9. The first-order valence-electron chi connectivity index (χ1n) is 6.08. The Balaban J connectivity index is 2.33. The van der Waals surface area contributed by atoms with Gasteiger partial charge in [-0.15, -0.1) is 0 Å². The minimum atomic E-state index is 0.681. The Hall–Kier alpha value is -0.800. The van der Waals surface area contributed by atoms with Gasteiger partial charge in [-0.3, -0.25) is 4.90 Å². The largest absolute Gasteiger partial charge is 0.463 e. The highest BCUT2D eigenvalue weighted by molar-refractivity contribution is 5.06. The summed E-state index contributed by atoms with van der Waals surface area (Å²) in [5.41, 5.74) is 0. The first-order valence-corrected chi connectivity index (χ1v) is 6.08. The number of rotatable bonds is 7. The lowest BCUT2D eigenvalue weighted by atomic mass is 10.2. The van der Waals surface area contributed by atoms with Gasteiger partial charge < -0.3 is 9.73 Å². The van der Waals surface area contributed by atoms with Crippen LogP contribution in [0.15, 0.2) is 16.5 Å². The zero-order valence-corrected chi connectivity index (χ0v) is 10.9. The van der Waals surface area contributed by atoms with E-state index in [1.54, 1.807) is 0 Å². The molecule has 0 aromatic carbocycles. The topological polar surface area (TPSA) is 28.4 Å². The minimum absolute atomic E-state index is 0.681. The molecule has 0 unspecified atom stereocenters. The van der Waals surface area contributed by atoms with E-state index in [0.29, 0.717) is 5.92 Å². The lowest BCUT2D eigenvalue weighted by Gasteiger charge is -2.11. The summed E-state index contributed by atoms with van der Waals surface area (Å²) in [7, 11) is 2.10. The molecule has 3 nitrogen and oxygen atoms in total. The summed E-state index contributed by atoms with van der Waals surface area (Å²) in [6.45, 7) is 10.4.